The van der Waals surface area contributed by atoms with E-state index in [2.05, 4.69) is 0 Å². The standard InChI is InChI=1S/C28H41ClN2O3/c1-22-18-24(11-12-25(22)29)34-21-28(19-27(33)30-15-5-2-6-16-30)14-7-17-31(20-28)26(32)13-10-23-8-3-4-9-23/h11-12,18,23H,2-10,13-17,19-21H2,1H3/t28-/m1/s1. The van der Waals surface area contributed by atoms with E-state index in [1.54, 1.807) is 0 Å². The molecule has 0 unspecified atom stereocenters. The Hall–Kier alpha value is -1.75. The van der Waals surface area contributed by atoms with Crippen molar-refractivity contribution in [3.05, 3.63) is 28.8 Å². The van der Waals surface area contributed by atoms with Gasteiger partial charge in [0.25, 0.3) is 0 Å². The second-order valence-electron chi connectivity index (χ2n) is 10.9. The first-order valence-electron chi connectivity index (χ1n) is 13.4. The Labute approximate surface area is 210 Å². The number of carbonyl (C=O) groups excluding carboxylic acids is 2. The van der Waals surface area contributed by atoms with Crippen LogP contribution in [0.1, 0.15) is 82.6 Å². The number of halogens is 1. The van der Waals surface area contributed by atoms with Crippen LogP contribution in [-0.4, -0.2) is 54.4 Å². The van der Waals surface area contributed by atoms with Gasteiger partial charge in [0.1, 0.15) is 5.75 Å². The molecule has 3 fully saturated rings. The van der Waals surface area contributed by atoms with Gasteiger partial charge in [-0.2, -0.15) is 0 Å². The van der Waals surface area contributed by atoms with E-state index in [1.165, 1.54) is 32.1 Å². The van der Waals surface area contributed by atoms with Crippen LogP contribution >= 0.6 is 11.6 Å². The van der Waals surface area contributed by atoms with Gasteiger partial charge in [0.2, 0.25) is 11.8 Å². The summed E-state index contributed by atoms with van der Waals surface area (Å²) >= 11 is 6.19. The van der Waals surface area contributed by atoms with Gasteiger partial charge >= 0.3 is 0 Å². The molecule has 1 aromatic carbocycles. The molecule has 1 aliphatic carbocycles. The van der Waals surface area contributed by atoms with Gasteiger partial charge < -0.3 is 14.5 Å². The van der Waals surface area contributed by atoms with Crippen molar-refractivity contribution in [1.82, 2.24) is 9.80 Å². The number of rotatable bonds is 8. The maximum atomic E-state index is 13.3. The second kappa shape index (κ2) is 11.8. The number of carbonyl (C=O) groups is 2. The van der Waals surface area contributed by atoms with Crippen LogP contribution in [0.3, 0.4) is 0 Å². The molecular weight excluding hydrogens is 448 g/mol. The fourth-order valence-electron chi connectivity index (χ4n) is 6.04. The van der Waals surface area contributed by atoms with Crippen molar-refractivity contribution in [2.24, 2.45) is 11.3 Å². The van der Waals surface area contributed by atoms with Crippen molar-refractivity contribution in [3.8, 4) is 5.75 Å². The molecule has 5 nitrogen and oxygen atoms in total. The number of amides is 2. The summed E-state index contributed by atoms with van der Waals surface area (Å²) in [5.41, 5.74) is 0.633. The molecule has 0 aromatic heterocycles. The van der Waals surface area contributed by atoms with Gasteiger partial charge in [-0.25, -0.2) is 0 Å². The molecule has 0 N–H and O–H groups in total. The number of hydrogen-bond donors (Lipinski definition) is 0. The number of piperidine rings is 2. The first kappa shape index (κ1) is 25.3. The van der Waals surface area contributed by atoms with E-state index in [4.69, 9.17) is 16.3 Å². The van der Waals surface area contributed by atoms with Gasteiger partial charge in [0.05, 0.1) is 6.61 Å². The molecular formula is C28H41ClN2O3. The quantitative estimate of drug-likeness (QED) is 0.450. The number of aryl methyl sites for hydroxylation is 1. The van der Waals surface area contributed by atoms with Crippen molar-refractivity contribution < 1.29 is 14.3 Å². The zero-order valence-corrected chi connectivity index (χ0v) is 21.6. The van der Waals surface area contributed by atoms with Crippen LogP contribution in [0, 0.1) is 18.3 Å². The average molecular weight is 489 g/mol. The molecule has 2 aliphatic heterocycles. The molecule has 0 bridgehead atoms. The van der Waals surface area contributed by atoms with Crippen molar-refractivity contribution in [2.45, 2.75) is 84.0 Å². The van der Waals surface area contributed by atoms with E-state index in [-0.39, 0.29) is 17.2 Å². The SMILES string of the molecule is Cc1cc(OC[C@@]2(CC(=O)N3CCCCC3)CCCN(C(=O)CCC3CCCC3)C2)ccc1Cl. The van der Waals surface area contributed by atoms with Crippen LogP contribution < -0.4 is 4.74 Å². The molecule has 188 valence electrons. The van der Waals surface area contributed by atoms with E-state index in [1.807, 2.05) is 34.9 Å². The van der Waals surface area contributed by atoms with Gasteiger partial charge in [0.15, 0.2) is 0 Å². The van der Waals surface area contributed by atoms with E-state index >= 15 is 0 Å². The molecule has 2 amide bonds. The number of nitrogens with zero attached hydrogens (tertiary/aromatic N) is 2. The summed E-state index contributed by atoms with van der Waals surface area (Å²) in [5.74, 6) is 1.96. The van der Waals surface area contributed by atoms with E-state index in [9.17, 15) is 9.59 Å². The van der Waals surface area contributed by atoms with E-state index in [0.717, 1.165) is 74.0 Å². The third-order valence-corrected chi connectivity index (χ3v) is 8.59. The third-order valence-electron chi connectivity index (χ3n) is 8.16. The third kappa shape index (κ3) is 6.68. The maximum Gasteiger partial charge on any atom is 0.223 e. The molecule has 6 heteroatoms. The Balaban J connectivity index is 1.44. The lowest BCUT2D eigenvalue weighted by atomic mass is 9.77. The van der Waals surface area contributed by atoms with Crippen molar-refractivity contribution in [3.63, 3.8) is 0 Å². The highest BCUT2D eigenvalue weighted by atomic mass is 35.5. The fraction of sp³-hybridized carbons (Fsp3) is 0.714. The smallest absolute Gasteiger partial charge is 0.223 e. The molecule has 34 heavy (non-hydrogen) atoms. The van der Waals surface area contributed by atoms with Crippen molar-refractivity contribution >= 4 is 23.4 Å². The maximum absolute atomic E-state index is 13.3. The van der Waals surface area contributed by atoms with Crippen molar-refractivity contribution in [1.29, 1.82) is 0 Å². The Bertz CT molecular complexity index is 848. The van der Waals surface area contributed by atoms with Crippen LogP contribution in [0.25, 0.3) is 0 Å². The normalized spacial score (nSPS) is 23.8. The summed E-state index contributed by atoms with van der Waals surface area (Å²) in [7, 11) is 0. The zero-order chi connectivity index (χ0) is 24.0. The van der Waals surface area contributed by atoms with E-state index < -0.39 is 0 Å². The Morgan fingerprint density at radius 3 is 2.47 bits per heavy atom. The van der Waals surface area contributed by atoms with Gasteiger partial charge in [-0.1, -0.05) is 37.3 Å². The van der Waals surface area contributed by atoms with Crippen LogP contribution in [0.15, 0.2) is 18.2 Å². The van der Waals surface area contributed by atoms with Crippen LogP contribution in [0.4, 0.5) is 0 Å². The largest absolute Gasteiger partial charge is 0.493 e. The highest BCUT2D eigenvalue weighted by molar-refractivity contribution is 6.31. The number of hydrogen-bond acceptors (Lipinski definition) is 3. The summed E-state index contributed by atoms with van der Waals surface area (Å²) in [6.07, 6.45) is 12.5. The van der Waals surface area contributed by atoms with Crippen LogP contribution in [0.2, 0.25) is 5.02 Å². The van der Waals surface area contributed by atoms with Crippen LogP contribution in [0.5, 0.6) is 5.75 Å². The Kier molecular flexibility index (Phi) is 8.79. The molecule has 1 atom stereocenters. The number of ether oxygens (including phenoxy) is 1. The Morgan fingerprint density at radius 1 is 1.00 bits per heavy atom. The van der Waals surface area contributed by atoms with Gasteiger partial charge in [-0.15, -0.1) is 0 Å². The van der Waals surface area contributed by atoms with Gasteiger partial charge in [0, 0.05) is 49.5 Å². The minimum Gasteiger partial charge on any atom is -0.493 e. The summed E-state index contributed by atoms with van der Waals surface area (Å²) in [4.78, 5) is 30.5. The summed E-state index contributed by atoms with van der Waals surface area (Å²) < 4.78 is 6.27. The highest BCUT2D eigenvalue weighted by Crippen LogP contribution is 2.37. The lowest BCUT2D eigenvalue weighted by Crippen LogP contribution is -2.51. The second-order valence-corrected chi connectivity index (χ2v) is 11.3. The fourth-order valence-corrected chi connectivity index (χ4v) is 6.16. The lowest BCUT2D eigenvalue weighted by molar-refractivity contribution is -0.142. The highest BCUT2D eigenvalue weighted by Gasteiger charge is 2.41. The first-order chi connectivity index (χ1) is 16.4. The molecule has 2 heterocycles. The topological polar surface area (TPSA) is 49.9 Å². The minimum absolute atomic E-state index is 0.218. The molecule has 4 rings (SSSR count). The molecule has 2 saturated heterocycles. The molecule has 1 aromatic rings. The summed E-state index contributed by atoms with van der Waals surface area (Å²) in [6.45, 7) is 5.54. The van der Waals surface area contributed by atoms with Gasteiger partial charge in [-0.3, -0.25) is 9.59 Å². The lowest BCUT2D eigenvalue weighted by Gasteiger charge is -2.43. The summed E-state index contributed by atoms with van der Waals surface area (Å²) in [6, 6.07) is 5.70. The summed E-state index contributed by atoms with van der Waals surface area (Å²) in [5, 5.41) is 0.721. The molecule has 0 spiro atoms. The molecule has 3 aliphatic rings. The van der Waals surface area contributed by atoms with Crippen molar-refractivity contribution in [2.75, 3.05) is 32.8 Å². The minimum atomic E-state index is -0.344. The predicted octanol–water partition coefficient (Wildman–Crippen LogP) is 6.01. The predicted molar refractivity (Wildman–Crippen MR) is 136 cm³/mol. The average Bonchev–Trinajstić information content (AvgIpc) is 3.38. The number of benzene rings is 1. The van der Waals surface area contributed by atoms with Gasteiger partial charge in [-0.05, 0) is 75.1 Å². The van der Waals surface area contributed by atoms with E-state index in [0.29, 0.717) is 26.0 Å². The monoisotopic (exact) mass is 488 g/mol. The van der Waals surface area contributed by atoms with Crippen LogP contribution in [-0.2, 0) is 9.59 Å². The Morgan fingerprint density at radius 2 is 1.74 bits per heavy atom. The zero-order valence-electron chi connectivity index (χ0n) is 20.8. The molecule has 0 radical (unpaired) electrons. The number of likely N-dealkylation sites (tertiary alicyclic amines) is 2. The first-order valence-corrected chi connectivity index (χ1v) is 13.8. The molecule has 1 saturated carbocycles.